The highest BCUT2D eigenvalue weighted by molar-refractivity contribution is 5.56. The number of nitrogens with zero attached hydrogens (tertiary/aromatic N) is 1. The fourth-order valence-electron chi connectivity index (χ4n) is 1.54. The molecule has 0 unspecified atom stereocenters. The van der Waals surface area contributed by atoms with Gasteiger partial charge in [0.15, 0.2) is 0 Å². The van der Waals surface area contributed by atoms with Crippen LogP contribution in [0.1, 0.15) is 37.6 Å². The van der Waals surface area contributed by atoms with Crippen molar-refractivity contribution in [3.63, 3.8) is 0 Å². The molecule has 13 heavy (non-hydrogen) atoms. The molecule has 0 fully saturated rings. The van der Waals surface area contributed by atoms with Gasteiger partial charge in [0.25, 0.3) is 0 Å². The molecule has 0 spiro atoms. The van der Waals surface area contributed by atoms with Gasteiger partial charge >= 0.3 is 0 Å². The Morgan fingerprint density at radius 2 is 2.08 bits per heavy atom. The molecule has 1 aromatic rings. The summed E-state index contributed by atoms with van der Waals surface area (Å²) >= 11 is 0. The second-order valence-corrected chi connectivity index (χ2v) is 4.62. The van der Waals surface area contributed by atoms with E-state index in [-0.39, 0.29) is 5.41 Å². The van der Waals surface area contributed by atoms with Crippen LogP contribution in [0.15, 0.2) is 18.3 Å². The van der Waals surface area contributed by atoms with E-state index in [2.05, 4.69) is 44.0 Å². The van der Waals surface area contributed by atoms with Crippen LogP contribution >= 0.6 is 0 Å². The van der Waals surface area contributed by atoms with Gasteiger partial charge in [-0.15, -0.1) is 0 Å². The van der Waals surface area contributed by atoms with Crippen LogP contribution in [0, 0.1) is 0 Å². The fourth-order valence-corrected chi connectivity index (χ4v) is 1.54. The number of allylic oxidation sites excluding steroid dienone is 1. The molecular weight excluding hydrogens is 158 g/mol. The third-order valence-electron chi connectivity index (χ3n) is 2.48. The molecule has 1 aromatic heterocycles. The zero-order valence-electron chi connectivity index (χ0n) is 8.46. The molecule has 1 heterocycles. The van der Waals surface area contributed by atoms with Crippen molar-refractivity contribution in [3.8, 4) is 0 Å². The maximum Gasteiger partial charge on any atom is 0.0661 e. The molecule has 1 nitrogen and oxygen atoms in total. The summed E-state index contributed by atoms with van der Waals surface area (Å²) in [7, 11) is 0. The predicted octanol–water partition coefficient (Wildman–Crippen LogP) is 2.95. The average molecular weight is 173 g/mol. The summed E-state index contributed by atoms with van der Waals surface area (Å²) in [6.07, 6.45) is 7.31. The van der Waals surface area contributed by atoms with E-state index in [1.54, 1.807) is 0 Å². The maximum absolute atomic E-state index is 4.44. The smallest absolute Gasteiger partial charge is 0.0661 e. The summed E-state index contributed by atoms with van der Waals surface area (Å²) in [6.45, 7) is 6.66. The monoisotopic (exact) mass is 173 g/mol. The molecule has 0 saturated carbocycles. The first-order chi connectivity index (χ1) is 6.07. The summed E-state index contributed by atoms with van der Waals surface area (Å²) in [5, 5.41) is 0. The van der Waals surface area contributed by atoms with Gasteiger partial charge in [0, 0.05) is 6.20 Å². The zero-order valence-corrected chi connectivity index (χ0v) is 8.46. The van der Waals surface area contributed by atoms with E-state index in [0.717, 1.165) is 12.1 Å². The Bertz CT molecular complexity index is 356. The van der Waals surface area contributed by atoms with Crippen molar-refractivity contribution in [2.75, 3.05) is 0 Å². The first-order valence-electron chi connectivity index (χ1n) is 4.73. The lowest BCUT2D eigenvalue weighted by atomic mass is 9.87. The zero-order chi connectivity index (χ0) is 9.47. The van der Waals surface area contributed by atoms with Crippen molar-refractivity contribution in [2.45, 2.75) is 32.6 Å². The standard InChI is InChI=1S/C12H15N/c1-12(2,3)10-7-9-5-4-6-11(9)13-8-10/h4,6-8H,5H2,1-3H3. The van der Waals surface area contributed by atoms with Gasteiger partial charge in [0.1, 0.15) is 0 Å². The van der Waals surface area contributed by atoms with Crippen molar-refractivity contribution in [1.29, 1.82) is 0 Å². The molecular formula is C12H15N. The molecule has 1 heteroatoms. The van der Waals surface area contributed by atoms with Crippen LogP contribution in [0.4, 0.5) is 0 Å². The Hall–Kier alpha value is -1.11. The predicted molar refractivity (Wildman–Crippen MR) is 55.7 cm³/mol. The third-order valence-corrected chi connectivity index (χ3v) is 2.48. The minimum atomic E-state index is 0.213. The van der Waals surface area contributed by atoms with Gasteiger partial charge in [-0.1, -0.05) is 32.9 Å². The first-order valence-corrected chi connectivity index (χ1v) is 4.73. The minimum Gasteiger partial charge on any atom is -0.256 e. The van der Waals surface area contributed by atoms with Crippen LogP contribution in [0.25, 0.3) is 6.08 Å². The van der Waals surface area contributed by atoms with E-state index >= 15 is 0 Å². The van der Waals surface area contributed by atoms with Gasteiger partial charge in [-0.3, -0.25) is 4.98 Å². The van der Waals surface area contributed by atoms with Gasteiger partial charge in [-0.05, 0) is 29.0 Å². The molecule has 0 bridgehead atoms. The fraction of sp³-hybridized carbons (Fsp3) is 0.417. The van der Waals surface area contributed by atoms with E-state index < -0.39 is 0 Å². The van der Waals surface area contributed by atoms with E-state index in [1.165, 1.54) is 11.1 Å². The van der Waals surface area contributed by atoms with E-state index in [1.807, 2.05) is 6.20 Å². The lowest BCUT2D eigenvalue weighted by Gasteiger charge is -2.19. The second kappa shape index (κ2) is 2.69. The van der Waals surface area contributed by atoms with Gasteiger partial charge in [-0.2, -0.15) is 0 Å². The Labute approximate surface area is 79.5 Å². The topological polar surface area (TPSA) is 12.9 Å². The van der Waals surface area contributed by atoms with Crippen LogP contribution in [0.5, 0.6) is 0 Å². The van der Waals surface area contributed by atoms with Crippen molar-refractivity contribution in [3.05, 3.63) is 35.2 Å². The van der Waals surface area contributed by atoms with Crippen LogP contribution in [0.3, 0.4) is 0 Å². The number of fused-ring (bicyclic) bond motifs is 1. The lowest BCUT2D eigenvalue weighted by molar-refractivity contribution is 0.586. The summed E-state index contributed by atoms with van der Waals surface area (Å²) < 4.78 is 0. The summed E-state index contributed by atoms with van der Waals surface area (Å²) in [5.41, 5.74) is 4.06. The van der Waals surface area contributed by atoms with Crippen LogP contribution in [-0.4, -0.2) is 4.98 Å². The van der Waals surface area contributed by atoms with Crippen molar-refractivity contribution >= 4 is 6.08 Å². The van der Waals surface area contributed by atoms with Crippen LogP contribution in [-0.2, 0) is 11.8 Å². The Morgan fingerprint density at radius 1 is 1.31 bits per heavy atom. The molecule has 1 aliphatic rings. The number of rotatable bonds is 0. The van der Waals surface area contributed by atoms with Gasteiger partial charge in [0.2, 0.25) is 0 Å². The number of pyridine rings is 1. The number of hydrogen-bond acceptors (Lipinski definition) is 1. The van der Waals surface area contributed by atoms with Gasteiger partial charge in [0.05, 0.1) is 5.69 Å². The quantitative estimate of drug-likeness (QED) is 0.587. The maximum atomic E-state index is 4.44. The molecule has 0 aliphatic heterocycles. The highest BCUT2D eigenvalue weighted by Gasteiger charge is 2.16. The third kappa shape index (κ3) is 1.51. The van der Waals surface area contributed by atoms with Crippen molar-refractivity contribution < 1.29 is 0 Å². The van der Waals surface area contributed by atoms with Crippen molar-refractivity contribution in [1.82, 2.24) is 4.98 Å². The summed E-state index contributed by atoms with van der Waals surface area (Å²) in [4.78, 5) is 4.44. The van der Waals surface area contributed by atoms with Crippen LogP contribution < -0.4 is 0 Å². The minimum absolute atomic E-state index is 0.213. The van der Waals surface area contributed by atoms with Crippen molar-refractivity contribution in [2.24, 2.45) is 0 Å². The summed E-state index contributed by atoms with van der Waals surface area (Å²) in [6, 6.07) is 2.28. The molecule has 0 atom stereocenters. The second-order valence-electron chi connectivity index (χ2n) is 4.62. The Morgan fingerprint density at radius 3 is 2.77 bits per heavy atom. The molecule has 0 aromatic carbocycles. The molecule has 2 rings (SSSR count). The number of aromatic nitrogens is 1. The van der Waals surface area contributed by atoms with E-state index in [9.17, 15) is 0 Å². The number of hydrogen-bond donors (Lipinski definition) is 0. The summed E-state index contributed by atoms with van der Waals surface area (Å²) in [5.74, 6) is 0. The largest absolute Gasteiger partial charge is 0.256 e. The van der Waals surface area contributed by atoms with E-state index in [4.69, 9.17) is 0 Å². The molecule has 1 aliphatic carbocycles. The first kappa shape index (κ1) is 8.49. The van der Waals surface area contributed by atoms with Gasteiger partial charge < -0.3 is 0 Å². The average Bonchev–Trinajstić information content (AvgIpc) is 2.47. The highest BCUT2D eigenvalue weighted by atomic mass is 14.7. The normalized spacial score (nSPS) is 14.7. The molecule has 68 valence electrons. The SMILES string of the molecule is CC(C)(C)c1cnc2c(c1)CC=C2. The molecule has 0 amide bonds. The Balaban J connectivity index is 2.45. The van der Waals surface area contributed by atoms with Gasteiger partial charge in [-0.25, -0.2) is 0 Å². The van der Waals surface area contributed by atoms with Crippen LogP contribution in [0.2, 0.25) is 0 Å². The molecule has 0 saturated heterocycles. The highest BCUT2D eigenvalue weighted by Crippen LogP contribution is 2.25. The molecule has 0 radical (unpaired) electrons. The van der Waals surface area contributed by atoms with E-state index in [0.29, 0.717) is 0 Å². The lowest BCUT2D eigenvalue weighted by Crippen LogP contribution is -2.12. The molecule has 0 N–H and O–H groups in total. The Kier molecular flexibility index (Phi) is 1.76.